The number of aromatic nitrogens is 2. The number of benzene rings is 3. The monoisotopic (exact) mass is 450 g/mol. The third-order valence-electron chi connectivity index (χ3n) is 5.54. The molecule has 1 amide bonds. The topological polar surface area (TPSA) is 96.1 Å². The number of nitrogens with one attached hydrogen (secondary N) is 3. The molecule has 168 valence electrons. The summed E-state index contributed by atoms with van der Waals surface area (Å²) in [6.45, 7) is 2.04. The van der Waals surface area contributed by atoms with Crippen LogP contribution in [0.2, 0.25) is 0 Å². The maximum absolute atomic E-state index is 13.1. The Morgan fingerprint density at radius 2 is 1.79 bits per heavy atom. The molecule has 0 fully saturated rings. The van der Waals surface area contributed by atoms with Gasteiger partial charge < -0.3 is 20.4 Å². The molecule has 1 aliphatic heterocycles. The Morgan fingerprint density at radius 1 is 1.00 bits per heavy atom. The fourth-order valence-electron chi connectivity index (χ4n) is 3.93. The largest absolute Gasteiger partial charge is 0.462 e. The van der Waals surface area contributed by atoms with Gasteiger partial charge in [0, 0.05) is 23.0 Å². The highest BCUT2D eigenvalue weighted by Gasteiger charge is 2.29. The fourth-order valence-corrected chi connectivity index (χ4v) is 3.93. The highest BCUT2D eigenvalue weighted by atomic mass is 16.5. The van der Waals surface area contributed by atoms with Crippen LogP contribution in [0.3, 0.4) is 0 Å². The van der Waals surface area contributed by atoms with E-state index >= 15 is 0 Å². The molecule has 1 aromatic heterocycles. The minimum absolute atomic E-state index is 0.240. The summed E-state index contributed by atoms with van der Waals surface area (Å²) in [6.07, 6.45) is 3.48. The van der Waals surface area contributed by atoms with Gasteiger partial charge >= 0.3 is 5.97 Å². The van der Waals surface area contributed by atoms with Crippen molar-refractivity contribution in [3.63, 3.8) is 0 Å². The summed E-state index contributed by atoms with van der Waals surface area (Å²) in [7, 11) is 0. The second-order valence-electron chi connectivity index (χ2n) is 7.71. The quantitative estimate of drug-likeness (QED) is 0.278. The number of ether oxygens (including phenoxy) is 1. The van der Waals surface area contributed by atoms with Crippen molar-refractivity contribution in [2.45, 2.75) is 6.92 Å². The van der Waals surface area contributed by atoms with Crippen molar-refractivity contribution in [3.05, 3.63) is 102 Å². The molecule has 0 radical (unpaired) electrons. The number of fused-ring (bicyclic) bond motifs is 1. The van der Waals surface area contributed by atoms with Crippen molar-refractivity contribution in [1.29, 1.82) is 0 Å². The van der Waals surface area contributed by atoms with E-state index in [0.29, 0.717) is 22.5 Å². The van der Waals surface area contributed by atoms with Gasteiger partial charge in [-0.15, -0.1) is 0 Å². The number of carbonyl (C=O) groups excluding carboxylic acids is 2. The van der Waals surface area contributed by atoms with E-state index in [-0.39, 0.29) is 12.5 Å². The molecule has 3 N–H and O–H groups in total. The van der Waals surface area contributed by atoms with Gasteiger partial charge in [-0.25, -0.2) is 9.78 Å². The number of hydrogen-bond donors (Lipinski definition) is 3. The minimum atomic E-state index is -0.421. The molecule has 3 aromatic carbocycles. The van der Waals surface area contributed by atoms with Crippen molar-refractivity contribution < 1.29 is 14.3 Å². The van der Waals surface area contributed by atoms with Crippen LogP contribution in [0.1, 0.15) is 28.4 Å². The molecule has 0 atom stereocenters. The number of anilines is 2. The number of hydrogen-bond acceptors (Lipinski definition) is 5. The van der Waals surface area contributed by atoms with Crippen LogP contribution in [0.4, 0.5) is 11.4 Å². The standard InChI is InChI=1S/C27H22N4O3/c1-2-34-27(33)19-10-13-21-22(14-19)31-26(32)24(21)25(18-6-4-3-5-7-18)30-20-11-8-17(9-12-20)23-15-28-16-29-23/h3-16,30H,2H2,1H3,(H,28,29)(H,31,32)/b25-24-. The molecular weight excluding hydrogens is 428 g/mol. The predicted molar refractivity (Wildman–Crippen MR) is 132 cm³/mol. The first kappa shape index (κ1) is 21.2. The van der Waals surface area contributed by atoms with E-state index < -0.39 is 5.97 Å². The van der Waals surface area contributed by atoms with Gasteiger partial charge in [0.05, 0.1) is 41.1 Å². The van der Waals surface area contributed by atoms with Gasteiger partial charge in [0.2, 0.25) is 0 Å². The first-order valence-corrected chi connectivity index (χ1v) is 10.9. The number of aromatic amines is 1. The molecule has 1 aliphatic rings. The van der Waals surface area contributed by atoms with E-state index in [0.717, 1.165) is 28.1 Å². The van der Waals surface area contributed by atoms with Crippen LogP contribution in [-0.2, 0) is 9.53 Å². The lowest BCUT2D eigenvalue weighted by atomic mass is 9.99. The molecule has 7 heteroatoms. The van der Waals surface area contributed by atoms with E-state index in [9.17, 15) is 9.59 Å². The number of nitrogens with zero attached hydrogens (tertiary/aromatic N) is 1. The first-order chi connectivity index (χ1) is 16.6. The molecule has 0 bridgehead atoms. The number of H-pyrrole nitrogens is 1. The predicted octanol–water partition coefficient (Wildman–Crippen LogP) is 5.19. The average molecular weight is 450 g/mol. The lowest BCUT2D eigenvalue weighted by Gasteiger charge is -2.15. The second-order valence-corrected chi connectivity index (χ2v) is 7.71. The van der Waals surface area contributed by atoms with Gasteiger partial charge in [-0.2, -0.15) is 0 Å². The Labute approximate surface area is 196 Å². The number of rotatable bonds is 6. The van der Waals surface area contributed by atoms with Crippen LogP contribution in [0.25, 0.3) is 22.5 Å². The van der Waals surface area contributed by atoms with Crippen LogP contribution in [-0.4, -0.2) is 28.5 Å². The summed E-state index contributed by atoms with van der Waals surface area (Å²) >= 11 is 0. The molecule has 7 nitrogen and oxygen atoms in total. The SMILES string of the molecule is CCOC(=O)c1ccc2c(c1)NC(=O)/C2=C(\Nc1ccc(-c2c[nH]cn2)cc1)c1ccccc1. The third-order valence-corrected chi connectivity index (χ3v) is 5.54. The number of esters is 1. The fraction of sp³-hybridized carbons (Fsp3) is 0.0741. The second kappa shape index (κ2) is 9.07. The summed E-state index contributed by atoms with van der Waals surface area (Å²) in [5, 5.41) is 6.33. The molecule has 0 saturated heterocycles. The average Bonchev–Trinajstić information content (AvgIpc) is 3.51. The summed E-state index contributed by atoms with van der Waals surface area (Å²) in [5.74, 6) is -0.661. The number of amides is 1. The number of imidazole rings is 1. The molecule has 0 spiro atoms. The Bertz CT molecular complexity index is 1380. The van der Waals surface area contributed by atoms with E-state index in [1.165, 1.54) is 0 Å². The maximum atomic E-state index is 13.1. The zero-order valence-corrected chi connectivity index (χ0v) is 18.5. The lowest BCUT2D eigenvalue weighted by molar-refractivity contribution is -0.110. The molecule has 0 saturated carbocycles. The molecule has 0 unspecified atom stereocenters. The van der Waals surface area contributed by atoms with Gasteiger partial charge in [0.1, 0.15) is 0 Å². The molecule has 34 heavy (non-hydrogen) atoms. The highest BCUT2D eigenvalue weighted by molar-refractivity contribution is 6.37. The van der Waals surface area contributed by atoms with E-state index in [4.69, 9.17) is 4.74 Å². The van der Waals surface area contributed by atoms with Crippen molar-refractivity contribution in [2.24, 2.45) is 0 Å². The zero-order valence-electron chi connectivity index (χ0n) is 18.5. The van der Waals surface area contributed by atoms with Crippen LogP contribution < -0.4 is 10.6 Å². The number of carbonyl (C=O) groups is 2. The van der Waals surface area contributed by atoms with E-state index in [2.05, 4.69) is 20.6 Å². The van der Waals surface area contributed by atoms with Gasteiger partial charge in [0.15, 0.2) is 0 Å². The molecular formula is C27H22N4O3. The Morgan fingerprint density at radius 3 is 2.50 bits per heavy atom. The van der Waals surface area contributed by atoms with Gasteiger partial charge in [-0.05, 0) is 36.8 Å². The molecule has 2 heterocycles. The van der Waals surface area contributed by atoms with Crippen LogP contribution in [0.5, 0.6) is 0 Å². The van der Waals surface area contributed by atoms with Gasteiger partial charge in [-0.1, -0.05) is 48.5 Å². The zero-order chi connectivity index (χ0) is 23.5. The summed E-state index contributed by atoms with van der Waals surface area (Å²) in [6, 6.07) is 22.6. The molecule has 4 aromatic rings. The summed E-state index contributed by atoms with van der Waals surface area (Å²) < 4.78 is 5.09. The summed E-state index contributed by atoms with van der Waals surface area (Å²) in [4.78, 5) is 32.5. The summed E-state index contributed by atoms with van der Waals surface area (Å²) in [5.41, 5.74) is 6.41. The Hall–Kier alpha value is -4.65. The molecule has 5 rings (SSSR count). The van der Waals surface area contributed by atoms with E-state index in [1.54, 1.807) is 31.5 Å². The Balaban J connectivity index is 1.56. The van der Waals surface area contributed by atoms with Crippen molar-refractivity contribution >= 4 is 34.5 Å². The van der Waals surface area contributed by atoms with Crippen molar-refractivity contribution in [3.8, 4) is 11.3 Å². The Kier molecular flexibility index (Phi) is 5.66. The molecule has 0 aliphatic carbocycles. The van der Waals surface area contributed by atoms with Gasteiger partial charge in [0.25, 0.3) is 5.91 Å². The first-order valence-electron chi connectivity index (χ1n) is 10.9. The third kappa shape index (κ3) is 4.06. The lowest BCUT2D eigenvalue weighted by Crippen LogP contribution is -2.10. The van der Waals surface area contributed by atoms with E-state index in [1.807, 2.05) is 60.8 Å². The highest BCUT2D eigenvalue weighted by Crippen LogP contribution is 2.38. The van der Waals surface area contributed by atoms with Crippen LogP contribution in [0, 0.1) is 0 Å². The smallest absolute Gasteiger partial charge is 0.338 e. The van der Waals surface area contributed by atoms with Crippen molar-refractivity contribution in [2.75, 3.05) is 17.2 Å². The van der Waals surface area contributed by atoms with Crippen LogP contribution in [0.15, 0.2) is 85.3 Å². The van der Waals surface area contributed by atoms with Gasteiger partial charge in [-0.3, -0.25) is 4.79 Å². The van der Waals surface area contributed by atoms with Crippen LogP contribution >= 0.6 is 0 Å². The van der Waals surface area contributed by atoms with Crippen molar-refractivity contribution in [1.82, 2.24) is 9.97 Å². The minimum Gasteiger partial charge on any atom is -0.462 e. The normalized spacial score (nSPS) is 13.7. The maximum Gasteiger partial charge on any atom is 0.338 e.